The molecule has 1 aromatic heterocycles. The van der Waals surface area contributed by atoms with Crippen LogP contribution in [0.25, 0.3) is 11.8 Å². The summed E-state index contributed by atoms with van der Waals surface area (Å²) in [5.41, 5.74) is 1.44. The van der Waals surface area contributed by atoms with E-state index >= 15 is 0 Å². The van der Waals surface area contributed by atoms with Crippen molar-refractivity contribution in [1.82, 2.24) is 9.78 Å². The molecule has 3 aromatic rings. The Kier molecular flexibility index (Phi) is 6.06. The van der Waals surface area contributed by atoms with Gasteiger partial charge in [-0.25, -0.2) is 9.07 Å². The maximum absolute atomic E-state index is 14.2. The number of amides is 1. The number of hydrogen-bond donors (Lipinski definition) is 1. The largest absolute Gasteiger partial charge is 0.493 e. The van der Waals surface area contributed by atoms with Crippen molar-refractivity contribution < 1.29 is 18.7 Å². The van der Waals surface area contributed by atoms with Crippen LogP contribution in [-0.2, 0) is 4.79 Å². The van der Waals surface area contributed by atoms with Gasteiger partial charge >= 0.3 is 0 Å². The van der Waals surface area contributed by atoms with E-state index in [0.29, 0.717) is 29.5 Å². The van der Waals surface area contributed by atoms with Gasteiger partial charge in [0.15, 0.2) is 17.3 Å². The first-order valence-corrected chi connectivity index (χ1v) is 8.70. The van der Waals surface area contributed by atoms with Crippen LogP contribution in [0.3, 0.4) is 0 Å². The SMILES string of the molecule is CCOc1cc(/C=C/C(=O)Nc2ccc(-n3cccn3)c(F)c2)ccc1OC. The summed E-state index contributed by atoms with van der Waals surface area (Å²) in [6.45, 7) is 2.39. The summed E-state index contributed by atoms with van der Waals surface area (Å²) in [5.74, 6) is 0.363. The van der Waals surface area contributed by atoms with Crippen LogP contribution >= 0.6 is 0 Å². The van der Waals surface area contributed by atoms with Crippen molar-refractivity contribution in [2.45, 2.75) is 6.92 Å². The number of benzene rings is 2. The molecule has 0 aliphatic carbocycles. The molecule has 0 aliphatic heterocycles. The predicted molar refractivity (Wildman–Crippen MR) is 105 cm³/mol. The molecule has 3 rings (SSSR count). The summed E-state index contributed by atoms with van der Waals surface area (Å²) in [7, 11) is 1.57. The van der Waals surface area contributed by atoms with E-state index in [1.54, 1.807) is 55.9 Å². The van der Waals surface area contributed by atoms with Crippen molar-refractivity contribution in [3.05, 3.63) is 72.3 Å². The number of aromatic nitrogens is 2. The molecule has 0 bridgehead atoms. The summed E-state index contributed by atoms with van der Waals surface area (Å²) in [4.78, 5) is 12.2. The maximum atomic E-state index is 14.2. The number of ether oxygens (including phenoxy) is 2. The number of anilines is 1. The number of carbonyl (C=O) groups excluding carboxylic acids is 1. The Morgan fingerprint density at radius 3 is 2.79 bits per heavy atom. The lowest BCUT2D eigenvalue weighted by molar-refractivity contribution is -0.111. The summed E-state index contributed by atoms with van der Waals surface area (Å²) >= 11 is 0. The number of nitrogens with zero attached hydrogens (tertiary/aromatic N) is 2. The zero-order chi connectivity index (χ0) is 19.9. The molecule has 0 aliphatic rings. The fourth-order valence-electron chi connectivity index (χ4n) is 2.60. The van der Waals surface area contributed by atoms with Crippen LogP contribution in [0.4, 0.5) is 10.1 Å². The number of nitrogens with one attached hydrogen (secondary N) is 1. The van der Waals surface area contributed by atoms with E-state index in [1.807, 2.05) is 13.0 Å². The highest BCUT2D eigenvalue weighted by molar-refractivity contribution is 6.02. The van der Waals surface area contributed by atoms with E-state index in [4.69, 9.17) is 9.47 Å². The van der Waals surface area contributed by atoms with E-state index in [-0.39, 0.29) is 5.91 Å². The van der Waals surface area contributed by atoms with Crippen LogP contribution in [0, 0.1) is 5.82 Å². The molecule has 6 nitrogen and oxygen atoms in total. The first kappa shape index (κ1) is 19.2. The Balaban J connectivity index is 1.68. The lowest BCUT2D eigenvalue weighted by Gasteiger charge is -2.09. The van der Waals surface area contributed by atoms with Gasteiger partial charge in [-0.3, -0.25) is 4.79 Å². The standard InChI is InChI=1S/C21H20FN3O3/c1-3-28-20-13-15(5-9-19(20)27-2)6-10-21(26)24-16-7-8-18(17(22)14-16)25-12-4-11-23-25/h4-14H,3H2,1-2H3,(H,24,26)/b10-6+. The second-order valence-electron chi connectivity index (χ2n) is 5.78. The molecule has 1 amide bonds. The van der Waals surface area contributed by atoms with Gasteiger partial charge in [-0.05, 0) is 55.0 Å². The van der Waals surface area contributed by atoms with Gasteiger partial charge < -0.3 is 14.8 Å². The zero-order valence-corrected chi connectivity index (χ0v) is 15.6. The summed E-state index contributed by atoms with van der Waals surface area (Å²) in [6, 6.07) is 11.5. The Hall–Kier alpha value is -3.61. The molecule has 1 N–H and O–H groups in total. The van der Waals surface area contributed by atoms with E-state index in [0.717, 1.165) is 5.56 Å². The van der Waals surface area contributed by atoms with Gasteiger partial charge in [0.05, 0.1) is 13.7 Å². The minimum absolute atomic E-state index is 0.306. The molecular formula is C21H20FN3O3. The second kappa shape index (κ2) is 8.85. The van der Waals surface area contributed by atoms with Gasteiger partial charge in [0.2, 0.25) is 5.91 Å². The molecule has 7 heteroatoms. The molecule has 0 unspecified atom stereocenters. The Morgan fingerprint density at radius 2 is 2.11 bits per heavy atom. The molecular weight excluding hydrogens is 361 g/mol. The van der Waals surface area contributed by atoms with Crippen molar-refractivity contribution in [2.24, 2.45) is 0 Å². The molecule has 2 aromatic carbocycles. The molecule has 144 valence electrons. The molecule has 0 atom stereocenters. The summed E-state index contributed by atoms with van der Waals surface area (Å²) in [5, 5.41) is 6.63. The molecule has 0 radical (unpaired) electrons. The molecule has 0 fully saturated rings. The van der Waals surface area contributed by atoms with Gasteiger partial charge in [-0.2, -0.15) is 5.10 Å². The van der Waals surface area contributed by atoms with Crippen LogP contribution < -0.4 is 14.8 Å². The number of rotatable bonds is 7. The fraction of sp³-hybridized carbons (Fsp3) is 0.143. The third kappa shape index (κ3) is 4.56. The number of halogens is 1. The van der Waals surface area contributed by atoms with Crippen LogP contribution in [0.5, 0.6) is 11.5 Å². The fourth-order valence-corrected chi connectivity index (χ4v) is 2.60. The average Bonchev–Trinajstić information content (AvgIpc) is 3.21. The summed E-state index contributed by atoms with van der Waals surface area (Å²) in [6.07, 6.45) is 6.23. The first-order valence-electron chi connectivity index (χ1n) is 8.70. The van der Waals surface area contributed by atoms with Gasteiger partial charge in [0.25, 0.3) is 0 Å². The van der Waals surface area contributed by atoms with Crippen LogP contribution in [0.1, 0.15) is 12.5 Å². The number of carbonyl (C=O) groups is 1. The van der Waals surface area contributed by atoms with Crippen molar-refractivity contribution in [1.29, 1.82) is 0 Å². The first-order chi connectivity index (χ1) is 13.6. The van der Waals surface area contributed by atoms with Crippen molar-refractivity contribution in [3.63, 3.8) is 0 Å². The van der Waals surface area contributed by atoms with E-state index in [1.165, 1.54) is 16.8 Å². The van der Waals surface area contributed by atoms with E-state index in [9.17, 15) is 9.18 Å². The van der Waals surface area contributed by atoms with Crippen LogP contribution in [-0.4, -0.2) is 29.4 Å². The van der Waals surface area contributed by atoms with Gasteiger partial charge in [0.1, 0.15) is 5.69 Å². The highest BCUT2D eigenvalue weighted by atomic mass is 19.1. The Labute approximate surface area is 162 Å². The van der Waals surface area contributed by atoms with E-state index in [2.05, 4.69) is 10.4 Å². The summed E-state index contributed by atoms with van der Waals surface area (Å²) < 4.78 is 26.4. The van der Waals surface area contributed by atoms with Gasteiger partial charge in [-0.15, -0.1) is 0 Å². The van der Waals surface area contributed by atoms with Gasteiger partial charge in [0, 0.05) is 24.2 Å². The normalized spacial score (nSPS) is 10.8. The Morgan fingerprint density at radius 1 is 1.25 bits per heavy atom. The topological polar surface area (TPSA) is 65.4 Å². The van der Waals surface area contributed by atoms with Crippen LogP contribution in [0.2, 0.25) is 0 Å². The Bertz CT molecular complexity index is 985. The minimum atomic E-state index is -0.484. The smallest absolute Gasteiger partial charge is 0.248 e. The van der Waals surface area contributed by atoms with Crippen molar-refractivity contribution in [2.75, 3.05) is 19.0 Å². The highest BCUT2D eigenvalue weighted by Gasteiger charge is 2.08. The molecule has 28 heavy (non-hydrogen) atoms. The third-order valence-corrected chi connectivity index (χ3v) is 3.88. The van der Waals surface area contributed by atoms with Crippen molar-refractivity contribution in [3.8, 4) is 17.2 Å². The molecule has 0 saturated carbocycles. The van der Waals surface area contributed by atoms with Gasteiger partial charge in [-0.1, -0.05) is 6.07 Å². The lowest BCUT2D eigenvalue weighted by atomic mass is 10.2. The average molecular weight is 381 g/mol. The monoisotopic (exact) mass is 381 g/mol. The lowest BCUT2D eigenvalue weighted by Crippen LogP contribution is -2.08. The molecule has 0 saturated heterocycles. The minimum Gasteiger partial charge on any atom is -0.493 e. The third-order valence-electron chi connectivity index (χ3n) is 3.88. The van der Waals surface area contributed by atoms with Crippen LogP contribution in [0.15, 0.2) is 60.9 Å². The quantitative estimate of drug-likeness (QED) is 0.627. The molecule has 1 heterocycles. The van der Waals surface area contributed by atoms with Crippen molar-refractivity contribution >= 4 is 17.7 Å². The zero-order valence-electron chi connectivity index (χ0n) is 15.6. The molecule has 0 spiro atoms. The predicted octanol–water partition coefficient (Wildman–Crippen LogP) is 4.07. The number of methoxy groups -OCH3 is 1. The maximum Gasteiger partial charge on any atom is 0.248 e. The second-order valence-corrected chi connectivity index (χ2v) is 5.78. The van der Waals surface area contributed by atoms with E-state index < -0.39 is 5.82 Å². The number of hydrogen-bond acceptors (Lipinski definition) is 4. The highest BCUT2D eigenvalue weighted by Crippen LogP contribution is 2.28.